The number of nitrogens with zero attached hydrogens (tertiary/aromatic N) is 3. The van der Waals surface area contributed by atoms with Crippen molar-refractivity contribution < 1.29 is 0 Å². The summed E-state index contributed by atoms with van der Waals surface area (Å²) in [4.78, 5) is 9.51. The summed E-state index contributed by atoms with van der Waals surface area (Å²) < 4.78 is 0. The molecule has 2 aromatic carbocycles. The molecule has 4 nitrogen and oxygen atoms in total. The molecule has 20 heavy (non-hydrogen) atoms. The van der Waals surface area contributed by atoms with Crippen LogP contribution in [0.15, 0.2) is 58.7 Å². The molecule has 96 valence electrons. The van der Waals surface area contributed by atoms with Gasteiger partial charge in [-0.3, -0.25) is 0 Å². The van der Waals surface area contributed by atoms with Crippen LogP contribution in [0.25, 0.3) is 10.9 Å². The fourth-order valence-corrected chi connectivity index (χ4v) is 2.81. The lowest BCUT2D eigenvalue weighted by Gasteiger charge is -2.05. The molecule has 3 aromatic rings. The van der Waals surface area contributed by atoms with Crippen molar-refractivity contribution in [2.75, 3.05) is 5.73 Å². The Morgan fingerprint density at radius 1 is 1.10 bits per heavy atom. The molecule has 0 aliphatic carbocycles. The van der Waals surface area contributed by atoms with E-state index in [9.17, 15) is 0 Å². The third kappa shape index (κ3) is 2.29. The van der Waals surface area contributed by atoms with Gasteiger partial charge in [0.1, 0.15) is 17.4 Å². The molecule has 0 spiro atoms. The number of aromatic nitrogens is 2. The Labute approximate surface area is 120 Å². The highest BCUT2D eigenvalue weighted by Crippen LogP contribution is 2.32. The summed E-state index contributed by atoms with van der Waals surface area (Å²) in [6.07, 6.45) is 1.55. The van der Waals surface area contributed by atoms with Crippen molar-refractivity contribution in [1.82, 2.24) is 9.97 Å². The molecule has 3 rings (SSSR count). The molecule has 1 aromatic heterocycles. The highest BCUT2D eigenvalue weighted by atomic mass is 32.2. The smallest absolute Gasteiger partial charge is 0.117 e. The molecule has 0 radical (unpaired) electrons. The quantitative estimate of drug-likeness (QED) is 0.575. The minimum Gasteiger partial charge on any atom is -0.398 e. The van der Waals surface area contributed by atoms with Gasteiger partial charge in [0.05, 0.1) is 16.8 Å². The van der Waals surface area contributed by atoms with Gasteiger partial charge in [-0.2, -0.15) is 5.26 Å². The van der Waals surface area contributed by atoms with Crippen molar-refractivity contribution in [3.63, 3.8) is 0 Å². The molecule has 0 fully saturated rings. The maximum absolute atomic E-state index is 8.88. The van der Waals surface area contributed by atoms with Crippen LogP contribution < -0.4 is 5.73 Å². The van der Waals surface area contributed by atoms with Crippen LogP contribution in [0.5, 0.6) is 0 Å². The molecule has 0 atom stereocenters. The van der Waals surface area contributed by atoms with Crippen molar-refractivity contribution in [3.05, 3.63) is 54.4 Å². The Bertz CT molecular complexity index is 818. The normalized spacial score (nSPS) is 10.3. The Kier molecular flexibility index (Phi) is 3.23. The number of hydrogen-bond donors (Lipinski definition) is 1. The summed E-state index contributed by atoms with van der Waals surface area (Å²) in [6, 6.07) is 15.3. The van der Waals surface area contributed by atoms with E-state index in [4.69, 9.17) is 11.0 Å². The Morgan fingerprint density at radius 3 is 2.75 bits per heavy atom. The van der Waals surface area contributed by atoms with Gasteiger partial charge in [0.15, 0.2) is 0 Å². The van der Waals surface area contributed by atoms with E-state index in [1.807, 2.05) is 30.3 Å². The topological polar surface area (TPSA) is 75.6 Å². The number of benzene rings is 2. The van der Waals surface area contributed by atoms with Gasteiger partial charge >= 0.3 is 0 Å². The van der Waals surface area contributed by atoms with E-state index in [0.29, 0.717) is 11.3 Å². The molecule has 0 aliphatic rings. The Morgan fingerprint density at radius 2 is 1.95 bits per heavy atom. The highest BCUT2D eigenvalue weighted by Gasteiger charge is 2.06. The van der Waals surface area contributed by atoms with E-state index in [0.717, 1.165) is 20.8 Å². The molecule has 0 aliphatic heterocycles. The molecule has 0 saturated carbocycles. The number of rotatable bonds is 2. The molecule has 2 N–H and O–H groups in total. The zero-order chi connectivity index (χ0) is 13.9. The second-order valence-corrected chi connectivity index (χ2v) is 5.22. The molecule has 0 amide bonds. The molecule has 5 heteroatoms. The van der Waals surface area contributed by atoms with Gasteiger partial charge in [-0.05, 0) is 24.3 Å². The van der Waals surface area contributed by atoms with Gasteiger partial charge < -0.3 is 5.73 Å². The van der Waals surface area contributed by atoms with Crippen LogP contribution in [-0.2, 0) is 0 Å². The molecule has 0 bridgehead atoms. The lowest BCUT2D eigenvalue weighted by Crippen LogP contribution is -1.91. The second kappa shape index (κ2) is 5.19. The lowest BCUT2D eigenvalue weighted by atomic mass is 10.2. The number of nitrogen functional groups attached to an aromatic ring is 1. The van der Waals surface area contributed by atoms with Gasteiger partial charge in [0.2, 0.25) is 0 Å². The maximum atomic E-state index is 8.88. The average Bonchev–Trinajstić information content (AvgIpc) is 2.48. The van der Waals surface area contributed by atoms with Gasteiger partial charge in [-0.15, -0.1) is 0 Å². The first-order chi connectivity index (χ1) is 9.78. The number of hydrogen-bond acceptors (Lipinski definition) is 5. The van der Waals surface area contributed by atoms with Crippen LogP contribution in [0.4, 0.5) is 5.69 Å². The van der Waals surface area contributed by atoms with Gasteiger partial charge in [-0.1, -0.05) is 30.0 Å². The first kappa shape index (κ1) is 12.5. The van der Waals surface area contributed by atoms with Crippen LogP contribution in [-0.4, -0.2) is 9.97 Å². The second-order valence-electron chi connectivity index (χ2n) is 4.16. The van der Waals surface area contributed by atoms with Crippen LogP contribution in [0.1, 0.15) is 5.56 Å². The van der Waals surface area contributed by atoms with Crippen molar-refractivity contribution >= 4 is 28.4 Å². The summed E-state index contributed by atoms with van der Waals surface area (Å²) in [5.74, 6) is 0. The minimum absolute atomic E-state index is 0.482. The van der Waals surface area contributed by atoms with Crippen LogP contribution in [0.2, 0.25) is 0 Å². The van der Waals surface area contributed by atoms with Gasteiger partial charge in [0, 0.05) is 10.3 Å². The summed E-state index contributed by atoms with van der Waals surface area (Å²) in [5.41, 5.74) is 7.71. The highest BCUT2D eigenvalue weighted by molar-refractivity contribution is 7.99. The molecule has 0 unspecified atom stereocenters. The molecule has 1 heterocycles. The van der Waals surface area contributed by atoms with Crippen LogP contribution in [0, 0.1) is 11.3 Å². The van der Waals surface area contributed by atoms with Crippen molar-refractivity contribution in [1.29, 1.82) is 5.26 Å². The van der Waals surface area contributed by atoms with E-state index in [1.165, 1.54) is 11.8 Å². The summed E-state index contributed by atoms with van der Waals surface area (Å²) in [7, 11) is 0. The number of para-hydroxylation sites is 1. The number of anilines is 1. The largest absolute Gasteiger partial charge is 0.398 e. The van der Waals surface area contributed by atoms with E-state index in [1.54, 1.807) is 18.5 Å². The SMILES string of the molecule is N#Cc1ccc(Sc2ncnc3ccccc23)cc1N. The van der Waals surface area contributed by atoms with E-state index >= 15 is 0 Å². The molecular formula is C15H10N4S. The van der Waals surface area contributed by atoms with Crippen LogP contribution in [0.3, 0.4) is 0 Å². The fraction of sp³-hybridized carbons (Fsp3) is 0. The number of nitriles is 1. The predicted molar refractivity (Wildman–Crippen MR) is 79.2 cm³/mol. The average molecular weight is 278 g/mol. The molecular weight excluding hydrogens is 268 g/mol. The Balaban J connectivity index is 2.02. The van der Waals surface area contributed by atoms with Gasteiger partial charge in [-0.25, -0.2) is 9.97 Å². The number of nitrogens with two attached hydrogens (primary N) is 1. The van der Waals surface area contributed by atoms with Gasteiger partial charge in [0.25, 0.3) is 0 Å². The summed E-state index contributed by atoms with van der Waals surface area (Å²) >= 11 is 1.51. The third-order valence-corrected chi connectivity index (χ3v) is 3.87. The third-order valence-electron chi connectivity index (χ3n) is 2.86. The van der Waals surface area contributed by atoms with Crippen molar-refractivity contribution in [2.45, 2.75) is 9.92 Å². The van der Waals surface area contributed by atoms with Crippen molar-refractivity contribution in [2.24, 2.45) is 0 Å². The zero-order valence-corrected chi connectivity index (χ0v) is 11.3. The van der Waals surface area contributed by atoms with Crippen LogP contribution >= 0.6 is 11.8 Å². The predicted octanol–water partition coefficient (Wildman–Crippen LogP) is 3.23. The maximum Gasteiger partial charge on any atom is 0.117 e. The van der Waals surface area contributed by atoms with E-state index < -0.39 is 0 Å². The molecule has 0 saturated heterocycles. The van der Waals surface area contributed by atoms with Crippen molar-refractivity contribution in [3.8, 4) is 6.07 Å². The standard InChI is InChI=1S/C15H10N4S/c16-8-10-5-6-11(7-13(10)17)20-15-12-3-1-2-4-14(12)18-9-19-15/h1-7,9H,17H2. The zero-order valence-electron chi connectivity index (χ0n) is 10.4. The summed E-state index contributed by atoms with van der Waals surface area (Å²) in [5, 5.41) is 10.8. The first-order valence-electron chi connectivity index (χ1n) is 5.95. The van der Waals surface area contributed by atoms with E-state index in [2.05, 4.69) is 16.0 Å². The Hall–Kier alpha value is -2.58. The summed E-state index contributed by atoms with van der Waals surface area (Å²) in [6.45, 7) is 0. The monoisotopic (exact) mass is 278 g/mol. The lowest BCUT2D eigenvalue weighted by molar-refractivity contribution is 1.10. The first-order valence-corrected chi connectivity index (χ1v) is 6.77. The van der Waals surface area contributed by atoms with E-state index in [-0.39, 0.29) is 0 Å². The fourth-order valence-electron chi connectivity index (χ4n) is 1.88. The minimum atomic E-state index is 0.482. The number of fused-ring (bicyclic) bond motifs is 1.